The van der Waals surface area contributed by atoms with Crippen LogP contribution in [0.5, 0.6) is 0 Å². The van der Waals surface area contributed by atoms with E-state index >= 15 is 0 Å². The first kappa shape index (κ1) is 19.9. The molecule has 2 aromatic rings. The Morgan fingerprint density at radius 3 is 2.75 bits per heavy atom. The summed E-state index contributed by atoms with van der Waals surface area (Å²) in [7, 11) is 0. The van der Waals surface area contributed by atoms with Gasteiger partial charge in [-0.1, -0.05) is 13.8 Å². The molecule has 2 heterocycles. The molecule has 0 aliphatic carbocycles. The lowest BCUT2D eigenvalue weighted by Gasteiger charge is -2.26. The molecule has 0 saturated heterocycles. The number of hydrogen-bond acceptors (Lipinski definition) is 6. The summed E-state index contributed by atoms with van der Waals surface area (Å²) in [4.78, 5) is 20.4. The molecule has 7 nitrogen and oxygen atoms in total. The third-order valence-electron chi connectivity index (χ3n) is 4.12. The lowest BCUT2D eigenvalue weighted by Crippen LogP contribution is -2.32. The predicted octanol–water partition coefficient (Wildman–Crippen LogP) is 3.15. The summed E-state index contributed by atoms with van der Waals surface area (Å²) in [6.45, 7) is 3.25. The lowest BCUT2D eigenvalue weighted by atomic mass is 10.1. The molecule has 0 saturated carbocycles. The first-order valence-corrected chi connectivity index (χ1v) is 8.67. The Balaban J connectivity index is 1.93. The van der Waals surface area contributed by atoms with Crippen molar-refractivity contribution in [2.24, 2.45) is 5.92 Å². The Morgan fingerprint density at radius 2 is 2.11 bits per heavy atom. The molecular formula is C18H20F3N5O2. The summed E-state index contributed by atoms with van der Waals surface area (Å²) in [6, 6.07) is 5.08. The Kier molecular flexibility index (Phi) is 5.41. The van der Waals surface area contributed by atoms with Crippen LogP contribution in [0.1, 0.15) is 25.0 Å². The van der Waals surface area contributed by atoms with Crippen LogP contribution in [-0.4, -0.2) is 34.3 Å². The zero-order valence-electron chi connectivity index (χ0n) is 15.3. The van der Waals surface area contributed by atoms with Gasteiger partial charge in [0.1, 0.15) is 18.1 Å². The van der Waals surface area contributed by atoms with E-state index in [0.29, 0.717) is 17.6 Å². The minimum absolute atomic E-state index is 0.0151. The minimum Gasteiger partial charge on any atom is -0.376 e. The fraction of sp³-hybridized carbons (Fsp3) is 0.389. The summed E-state index contributed by atoms with van der Waals surface area (Å²) in [6.07, 6.45) is -3.72. The molecule has 0 spiro atoms. The van der Waals surface area contributed by atoms with Crippen LogP contribution in [-0.2, 0) is 17.4 Å². The number of hydrogen-bond donors (Lipinski definition) is 3. The molecule has 0 bridgehead atoms. The maximum absolute atomic E-state index is 13.4. The van der Waals surface area contributed by atoms with Crippen molar-refractivity contribution in [3.63, 3.8) is 0 Å². The van der Waals surface area contributed by atoms with E-state index in [1.165, 1.54) is 0 Å². The summed E-state index contributed by atoms with van der Waals surface area (Å²) in [5, 5.41) is 15.1. The van der Waals surface area contributed by atoms with E-state index in [2.05, 4.69) is 20.6 Å². The van der Waals surface area contributed by atoms with Gasteiger partial charge >= 0.3 is 6.18 Å². The van der Waals surface area contributed by atoms with Crippen LogP contribution in [0.15, 0.2) is 24.4 Å². The average molecular weight is 395 g/mol. The number of anilines is 4. The van der Waals surface area contributed by atoms with Crippen LogP contribution in [0.25, 0.3) is 0 Å². The summed E-state index contributed by atoms with van der Waals surface area (Å²) >= 11 is 0. The number of nitrogens with zero attached hydrogens (tertiary/aromatic N) is 3. The highest BCUT2D eigenvalue weighted by molar-refractivity contribution is 5.99. The normalized spacial score (nSPS) is 13.5. The second-order valence-electron chi connectivity index (χ2n) is 6.91. The molecular weight excluding hydrogens is 375 g/mol. The smallest absolute Gasteiger partial charge is 0.376 e. The summed E-state index contributed by atoms with van der Waals surface area (Å²) in [5.74, 6) is -0.532. The summed E-state index contributed by atoms with van der Waals surface area (Å²) < 4.78 is 40.1. The molecule has 0 unspecified atom stereocenters. The number of halogens is 3. The molecule has 3 rings (SSSR count). The van der Waals surface area contributed by atoms with Crippen LogP contribution < -0.4 is 15.5 Å². The van der Waals surface area contributed by atoms with Crippen molar-refractivity contribution in [1.82, 2.24) is 9.97 Å². The third kappa shape index (κ3) is 4.33. The second-order valence-corrected chi connectivity index (χ2v) is 6.91. The number of rotatable bonds is 6. The van der Waals surface area contributed by atoms with Gasteiger partial charge in [-0.05, 0) is 29.7 Å². The number of fused-ring (bicyclic) bond motifs is 1. The van der Waals surface area contributed by atoms with Gasteiger partial charge in [-0.2, -0.15) is 18.2 Å². The van der Waals surface area contributed by atoms with Crippen molar-refractivity contribution in [3.8, 4) is 0 Å². The van der Waals surface area contributed by atoms with Gasteiger partial charge < -0.3 is 20.6 Å². The zero-order valence-corrected chi connectivity index (χ0v) is 15.3. The largest absolute Gasteiger partial charge is 0.421 e. The molecule has 28 heavy (non-hydrogen) atoms. The van der Waals surface area contributed by atoms with Gasteiger partial charge in [0.05, 0.1) is 6.42 Å². The number of aliphatic hydroxyl groups excluding tert-OH is 1. The van der Waals surface area contributed by atoms with E-state index in [1.807, 2.05) is 13.8 Å². The highest BCUT2D eigenvalue weighted by Crippen LogP contribution is 2.36. The highest BCUT2D eigenvalue weighted by atomic mass is 19.4. The van der Waals surface area contributed by atoms with Gasteiger partial charge in [0.25, 0.3) is 0 Å². The van der Waals surface area contributed by atoms with Gasteiger partial charge in [-0.15, -0.1) is 0 Å². The van der Waals surface area contributed by atoms with Crippen molar-refractivity contribution < 1.29 is 23.1 Å². The number of alkyl halides is 3. The quantitative estimate of drug-likeness (QED) is 0.651. The number of aromatic nitrogens is 2. The van der Waals surface area contributed by atoms with Crippen LogP contribution in [0.2, 0.25) is 0 Å². The van der Waals surface area contributed by atoms with Gasteiger partial charge in [0.2, 0.25) is 11.9 Å². The van der Waals surface area contributed by atoms with E-state index < -0.39 is 18.5 Å². The maximum atomic E-state index is 13.4. The average Bonchev–Trinajstić information content (AvgIpc) is 2.97. The molecule has 1 amide bonds. The van der Waals surface area contributed by atoms with Crippen LogP contribution in [0, 0.1) is 5.92 Å². The Bertz CT molecular complexity index is 886. The fourth-order valence-corrected chi connectivity index (χ4v) is 2.96. The molecule has 1 aromatic heterocycles. The van der Waals surface area contributed by atoms with Gasteiger partial charge in [0.15, 0.2) is 0 Å². The van der Waals surface area contributed by atoms with Gasteiger partial charge in [-0.3, -0.25) is 4.79 Å². The standard InChI is InChI=1S/C18H20F3N5O2/c1-10(2)8-26(9-27)16-13(18(19,20)21)7-22-17(25-16)23-12-3-4-14-11(5-12)6-15(28)24-14/h3-5,7,10,27H,6,8-9H2,1-2H3,(H,24,28)(H,22,23,25). The SMILES string of the molecule is CC(C)CN(CO)c1nc(Nc2ccc3c(c2)CC(=O)N3)ncc1C(F)(F)F. The first-order chi connectivity index (χ1) is 13.2. The van der Waals surface area contributed by atoms with Crippen molar-refractivity contribution in [3.05, 3.63) is 35.5 Å². The molecule has 3 N–H and O–H groups in total. The molecule has 1 aliphatic heterocycles. The number of nitrogens with one attached hydrogen (secondary N) is 2. The van der Waals surface area contributed by atoms with Crippen molar-refractivity contribution in [1.29, 1.82) is 0 Å². The molecule has 150 valence electrons. The van der Waals surface area contributed by atoms with E-state index in [-0.39, 0.29) is 36.6 Å². The van der Waals surface area contributed by atoms with Crippen molar-refractivity contribution >= 4 is 29.0 Å². The monoisotopic (exact) mass is 395 g/mol. The molecule has 10 heteroatoms. The Morgan fingerprint density at radius 1 is 1.36 bits per heavy atom. The topological polar surface area (TPSA) is 90.4 Å². The van der Waals surface area contributed by atoms with E-state index in [1.54, 1.807) is 18.2 Å². The summed E-state index contributed by atoms with van der Waals surface area (Å²) in [5.41, 5.74) is 1.00. The molecule has 1 aliphatic rings. The molecule has 0 atom stereocenters. The third-order valence-corrected chi connectivity index (χ3v) is 4.12. The zero-order chi connectivity index (χ0) is 20.5. The Labute approximate surface area is 159 Å². The van der Waals surface area contributed by atoms with E-state index in [9.17, 15) is 23.1 Å². The van der Waals surface area contributed by atoms with E-state index in [4.69, 9.17) is 0 Å². The second kappa shape index (κ2) is 7.63. The van der Waals surface area contributed by atoms with Gasteiger partial charge in [-0.25, -0.2) is 4.98 Å². The first-order valence-electron chi connectivity index (χ1n) is 8.67. The van der Waals surface area contributed by atoms with Crippen LogP contribution >= 0.6 is 0 Å². The van der Waals surface area contributed by atoms with Crippen molar-refractivity contribution in [2.45, 2.75) is 26.4 Å². The van der Waals surface area contributed by atoms with E-state index in [0.717, 1.165) is 10.5 Å². The maximum Gasteiger partial charge on any atom is 0.421 e. The minimum atomic E-state index is -4.65. The molecule has 0 fully saturated rings. The highest BCUT2D eigenvalue weighted by Gasteiger charge is 2.37. The predicted molar refractivity (Wildman–Crippen MR) is 98.4 cm³/mol. The molecule has 0 radical (unpaired) electrons. The Hall–Kier alpha value is -2.88. The number of aliphatic hydroxyl groups is 1. The number of amides is 1. The van der Waals surface area contributed by atoms with Gasteiger partial charge in [0, 0.05) is 24.1 Å². The van der Waals surface area contributed by atoms with Crippen LogP contribution in [0.4, 0.5) is 36.3 Å². The van der Waals surface area contributed by atoms with Crippen LogP contribution in [0.3, 0.4) is 0 Å². The fourth-order valence-electron chi connectivity index (χ4n) is 2.96. The molecule has 1 aromatic carbocycles. The lowest BCUT2D eigenvalue weighted by molar-refractivity contribution is -0.137. The number of benzene rings is 1. The van der Waals surface area contributed by atoms with Crippen molar-refractivity contribution in [2.75, 3.05) is 28.8 Å². The number of carbonyl (C=O) groups is 1. The number of carbonyl (C=O) groups excluding carboxylic acids is 1.